The van der Waals surface area contributed by atoms with E-state index in [0.717, 1.165) is 11.3 Å². The summed E-state index contributed by atoms with van der Waals surface area (Å²) >= 11 is 0. The first-order chi connectivity index (χ1) is 7.26. The van der Waals surface area contributed by atoms with E-state index in [9.17, 15) is 4.79 Å². The Kier molecular flexibility index (Phi) is 4.17. The molecule has 0 radical (unpaired) electrons. The molecule has 0 aliphatic carbocycles. The minimum absolute atomic E-state index is 0.0363. The molecule has 0 unspecified atom stereocenters. The molecule has 78 valence electrons. The van der Waals surface area contributed by atoms with E-state index >= 15 is 0 Å². The number of carbonyl (C=O) groups is 1. The molecule has 0 atom stereocenters. The van der Waals surface area contributed by atoms with Gasteiger partial charge in [0, 0.05) is 18.7 Å². The van der Waals surface area contributed by atoms with E-state index in [1.807, 2.05) is 25.2 Å². The van der Waals surface area contributed by atoms with Crippen LogP contribution in [-0.4, -0.2) is 5.91 Å². The second kappa shape index (κ2) is 5.66. The van der Waals surface area contributed by atoms with Gasteiger partial charge < -0.3 is 5.32 Å². The quantitative estimate of drug-likeness (QED) is 0.577. The van der Waals surface area contributed by atoms with Crippen molar-refractivity contribution in [2.75, 3.05) is 5.32 Å². The normalized spacial score (nSPS) is 9.07. The summed E-state index contributed by atoms with van der Waals surface area (Å²) in [6, 6.07) is 7.35. The summed E-state index contributed by atoms with van der Waals surface area (Å²) in [6.45, 7) is 2.34. The highest BCUT2D eigenvalue weighted by Gasteiger charge is 1.97. The molecule has 1 amide bonds. The van der Waals surface area contributed by atoms with Gasteiger partial charge in [-0.25, -0.2) is 0 Å². The van der Waals surface area contributed by atoms with Gasteiger partial charge in [0.15, 0.2) is 6.19 Å². The average molecular weight is 203 g/mol. The van der Waals surface area contributed by atoms with Crippen molar-refractivity contribution in [2.45, 2.75) is 19.9 Å². The van der Waals surface area contributed by atoms with Crippen LogP contribution in [0.5, 0.6) is 0 Å². The van der Waals surface area contributed by atoms with Crippen LogP contribution in [0.25, 0.3) is 0 Å². The largest absolute Gasteiger partial charge is 0.352 e. The molecule has 0 spiro atoms. The second-order valence-corrected chi connectivity index (χ2v) is 3.06. The smallest absolute Gasteiger partial charge is 0.219 e. The van der Waals surface area contributed by atoms with Crippen molar-refractivity contribution in [1.29, 1.82) is 5.26 Å². The predicted molar refractivity (Wildman–Crippen MR) is 57.8 cm³/mol. The SMILES string of the molecule is CCC(=O)NCc1ccc(NC#N)cc1. The van der Waals surface area contributed by atoms with Crippen LogP contribution >= 0.6 is 0 Å². The highest BCUT2D eigenvalue weighted by atomic mass is 16.1. The number of rotatable bonds is 4. The Labute approximate surface area is 88.9 Å². The number of nitrogens with one attached hydrogen (secondary N) is 2. The zero-order valence-corrected chi connectivity index (χ0v) is 8.58. The Hall–Kier alpha value is -2.02. The topological polar surface area (TPSA) is 64.9 Å². The number of benzene rings is 1. The van der Waals surface area contributed by atoms with Crippen LogP contribution in [0.4, 0.5) is 5.69 Å². The van der Waals surface area contributed by atoms with Crippen molar-refractivity contribution in [3.05, 3.63) is 29.8 Å². The van der Waals surface area contributed by atoms with Gasteiger partial charge in [-0.1, -0.05) is 19.1 Å². The van der Waals surface area contributed by atoms with Gasteiger partial charge in [-0.3, -0.25) is 10.1 Å². The highest BCUT2D eigenvalue weighted by molar-refractivity contribution is 5.75. The van der Waals surface area contributed by atoms with Gasteiger partial charge in [0.2, 0.25) is 5.91 Å². The molecular formula is C11H13N3O. The van der Waals surface area contributed by atoms with Crippen molar-refractivity contribution in [2.24, 2.45) is 0 Å². The Morgan fingerprint density at radius 3 is 2.60 bits per heavy atom. The van der Waals surface area contributed by atoms with Crippen LogP contribution in [0.2, 0.25) is 0 Å². The lowest BCUT2D eigenvalue weighted by atomic mass is 10.2. The Morgan fingerprint density at radius 2 is 2.07 bits per heavy atom. The zero-order chi connectivity index (χ0) is 11.1. The number of nitrogens with zero attached hydrogens (tertiary/aromatic N) is 1. The lowest BCUT2D eigenvalue weighted by Crippen LogP contribution is -2.21. The number of anilines is 1. The highest BCUT2D eigenvalue weighted by Crippen LogP contribution is 2.08. The van der Waals surface area contributed by atoms with Crippen molar-refractivity contribution in [1.82, 2.24) is 5.32 Å². The van der Waals surface area contributed by atoms with Gasteiger partial charge in [0.25, 0.3) is 0 Å². The molecule has 4 nitrogen and oxygen atoms in total. The molecule has 0 aliphatic rings. The standard InChI is InChI=1S/C11H13N3O/c1-2-11(15)13-7-9-3-5-10(6-4-9)14-8-12/h3-6,14H,2,7H2,1H3,(H,13,15). The lowest BCUT2D eigenvalue weighted by molar-refractivity contribution is -0.120. The molecule has 0 bridgehead atoms. The Bertz CT molecular complexity index is 364. The van der Waals surface area contributed by atoms with Crippen LogP contribution in [0.15, 0.2) is 24.3 Å². The fraction of sp³-hybridized carbons (Fsp3) is 0.273. The third-order valence-corrected chi connectivity index (χ3v) is 1.96. The predicted octanol–water partition coefficient (Wildman–Crippen LogP) is 1.61. The Balaban J connectivity index is 2.50. The molecule has 0 fully saturated rings. The summed E-state index contributed by atoms with van der Waals surface area (Å²) in [5.74, 6) is 0.0363. The fourth-order valence-electron chi connectivity index (χ4n) is 1.10. The molecule has 0 saturated carbocycles. The molecule has 0 saturated heterocycles. The second-order valence-electron chi connectivity index (χ2n) is 3.06. The molecule has 0 aliphatic heterocycles. The van der Waals surface area contributed by atoms with Gasteiger partial charge in [-0.15, -0.1) is 0 Å². The number of hydrogen-bond acceptors (Lipinski definition) is 3. The van der Waals surface area contributed by atoms with Crippen LogP contribution < -0.4 is 10.6 Å². The van der Waals surface area contributed by atoms with E-state index in [-0.39, 0.29) is 5.91 Å². The van der Waals surface area contributed by atoms with Crippen molar-refractivity contribution < 1.29 is 4.79 Å². The first kappa shape index (κ1) is 11.1. The molecule has 1 aromatic carbocycles. The van der Waals surface area contributed by atoms with Gasteiger partial charge in [-0.2, -0.15) is 5.26 Å². The number of nitriles is 1. The van der Waals surface area contributed by atoms with Crippen LogP contribution in [-0.2, 0) is 11.3 Å². The van der Waals surface area contributed by atoms with E-state index in [1.165, 1.54) is 0 Å². The van der Waals surface area contributed by atoms with Crippen LogP contribution in [0.1, 0.15) is 18.9 Å². The summed E-state index contributed by atoms with van der Waals surface area (Å²) in [4.78, 5) is 11.0. The molecule has 1 rings (SSSR count). The summed E-state index contributed by atoms with van der Waals surface area (Å²) in [7, 11) is 0. The molecule has 0 aromatic heterocycles. The lowest BCUT2D eigenvalue weighted by Gasteiger charge is -2.04. The first-order valence-electron chi connectivity index (χ1n) is 4.77. The third kappa shape index (κ3) is 3.69. The van der Waals surface area contributed by atoms with E-state index in [4.69, 9.17) is 5.26 Å². The number of amides is 1. The maximum absolute atomic E-state index is 11.0. The monoisotopic (exact) mass is 203 g/mol. The van der Waals surface area contributed by atoms with Crippen molar-refractivity contribution in [3.63, 3.8) is 0 Å². The van der Waals surface area contributed by atoms with E-state index in [1.54, 1.807) is 12.1 Å². The van der Waals surface area contributed by atoms with E-state index < -0.39 is 0 Å². The number of carbonyl (C=O) groups excluding carboxylic acids is 1. The average Bonchev–Trinajstić information content (AvgIpc) is 2.28. The fourth-order valence-corrected chi connectivity index (χ4v) is 1.10. The molecule has 4 heteroatoms. The Morgan fingerprint density at radius 1 is 1.40 bits per heavy atom. The minimum Gasteiger partial charge on any atom is -0.352 e. The van der Waals surface area contributed by atoms with Gasteiger partial charge in [0.1, 0.15) is 0 Å². The molecule has 1 aromatic rings. The molecule has 2 N–H and O–H groups in total. The number of hydrogen-bond donors (Lipinski definition) is 2. The van der Waals surface area contributed by atoms with Crippen LogP contribution in [0, 0.1) is 11.5 Å². The molecular weight excluding hydrogens is 190 g/mol. The van der Waals surface area contributed by atoms with Crippen molar-refractivity contribution in [3.8, 4) is 6.19 Å². The summed E-state index contributed by atoms with van der Waals surface area (Å²) in [5.41, 5.74) is 1.77. The van der Waals surface area contributed by atoms with E-state index in [0.29, 0.717) is 13.0 Å². The third-order valence-electron chi connectivity index (χ3n) is 1.96. The maximum Gasteiger partial charge on any atom is 0.219 e. The molecule has 15 heavy (non-hydrogen) atoms. The first-order valence-corrected chi connectivity index (χ1v) is 4.77. The van der Waals surface area contributed by atoms with Crippen molar-refractivity contribution >= 4 is 11.6 Å². The van der Waals surface area contributed by atoms with Gasteiger partial charge in [0.05, 0.1) is 0 Å². The summed E-state index contributed by atoms with van der Waals surface area (Å²) in [5, 5.41) is 13.7. The maximum atomic E-state index is 11.0. The van der Waals surface area contributed by atoms with E-state index in [2.05, 4.69) is 10.6 Å². The van der Waals surface area contributed by atoms with Gasteiger partial charge in [-0.05, 0) is 17.7 Å². The molecule has 0 heterocycles. The minimum atomic E-state index is 0.0363. The van der Waals surface area contributed by atoms with Crippen LogP contribution in [0.3, 0.4) is 0 Å². The zero-order valence-electron chi connectivity index (χ0n) is 8.58. The summed E-state index contributed by atoms with van der Waals surface area (Å²) in [6.07, 6.45) is 2.34. The van der Waals surface area contributed by atoms with Gasteiger partial charge >= 0.3 is 0 Å². The summed E-state index contributed by atoms with van der Waals surface area (Å²) < 4.78 is 0.